The Balaban J connectivity index is 1.53. The lowest BCUT2D eigenvalue weighted by atomic mass is 10.2. The van der Waals surface area contributed by atoms with Crippen LogP contribution in [-0.4, -0.2) is 26.6 Å². The van der Waals surface area contributed by atoms with Crippen molar-refractivity contribution in [2.75, 3.05) is 11.1 Å². The number of nitrogens with one attached hydrogen (secondary N) is 1. The summed E-state index contributed by atoms with van der Waals surface area (Å²) in [6, 6.07) is 4.45. The van der Waals surface area contributed by atoms with E-state index >= 15 is 0 Å². The fraction of sp³-hybridized carbons (Fsp3) is 0.316. The maximum atomic E-state index is 12.5. The third kappa shape index (κ3) is 3.59. The molecule has 0 aliphatic heterocycles. The van der Waals surface area contributed by atoms with Gasteiger partial charge in [0.25, 0.3) is 5.69 Å². The number of carbonyl (C=O) groups excluding carboxylic acids is 1. The van der Waals surface area contributed by atoms with Crippen LogP contribution in [0.4, 0.5) is 11.4 Å². The molecule has 0 unspecified atom stereocenters. The van der Waals surface area contributed by atoms with Crippen LogP contribution in [-0.2, 0) is 17.6 Å². The van der Waals surface area contributed by atoms with E-state index < -0.39 is 4.92 Å². The summed E-state index contributed by atoms with van der Waals surface area (Å²) in [6.07, 6.45) is 3.28. The first-order valence-electron chi connectivity index (χ1n) is 8.89. The number of thioether (sulfide) groups is 1. The van der Waals surface area contributed by atoms with Gasteiger partial charge < -0.3 is 5.32 Å². The number of hydrogen-bond acceptors (Lipinski definition) is 7. The molecule has 0 bridgehead atoms. The number of rotatable bonds is 5. The molecule has 2 aromatic heterocycles. The van der Waals surface area contributed by atoms with Crippen molar-refractivity contribution in [2.45, 2.75) is 38.1 Å². The fourth-order valence-corrected chi connectivity index (χ4v) is 5.62. The Kier molecular flexibility index (Phi) is 5.03. The van der Waals surface area contributed by atoms with E-state index in [0.29, 0.717) is 11.5 Å². The standard InChI is InChI=1S/C19H18N4O3S2/c1-10-6-7-12(23(25)26)8-14(10)22-16(24)9-27-18-17-13-4-3-5-15(13)28-19(17)21-11(2)20-18/h6-8H,3-5,9H2,1-2H3,(H,22,24). The van der Waals surface area contributed by atoms with Gasteiger partial charge in [-0.2, -0.15) is 0 Å². The molecule has 0 spiro atoms. The predicted molar refractivity (Wildman–Crippen MR) is 111 cm³/mol. The van der Waals surface area contributed by atoms with Gasteiger partial charge in [-0.15, -0.1) is 11.3 Å². The normalized spacial score (nSPS) is 12.9. The summed E-state index contributed by atoms with van der Waals surface area (Å²) in [7, 11) is 0. The molecule has 4 rings (SSSR count). The number of benzene rings is 1. The Bertz CT molecular complexity index is 1110. The Morgan fingerprint density at radius 2 is 2.14 bits per heavy atom. The molecule has 1 aliphatic rings. The van der Waals surface area contributed by atoms with E-state index in [0.717, 1.165) is 40.1 Å². The van der Waals surface area contributed by atoms with Crippen molar-refractivity contribution < 1.29 is 9.72 Å². The number of nitrogens with zero attached hydrogens (tertiary/aromatic N) is 3. The summed E-state index contributed by atoms with van der Waals surface area (Å²) >= 11 is 3.12. The van der Waals surface area contributed by atoms with Crippen molar-refractivity contribution in [1.82, 2.24) is 9.97 Å². The second-order valence-electron chi connectivity index (χ2n) is 6.71. The molecular weight excluding hydrogens is 396 g/mol. The largest absolute Gasteiger partial charge is 0.325 e. The summed E-state index contributed by atoms with van der Waals surface area (Å²) in [5, 5.41) is 15.7. The minimum absolute atomic E-state index is 0.0458. The summed E-state index contributed by atoms with van der Waals surface area (Å²) < 4.78 is 0. The van der Waals surface area contributed by atoms with Gasteiger partial charge in [0.1, 0.15) is 15.7 Å². The second-order valence-corrected chi connectivity index (χ2v) is 8.75. The molecule has 1 aliphatic carbocycles. The average molecular weight is 415 g/mol. The highest BCUT2D eigenvalue weighted by Crippen LogP contribution is 2.40. The SMILES string of the molecule is Cc1nc(SCC(=O)Nc2cc([N+](=O)[O-])ccc2C)c2c3c(sc2n1)CCC3. The molecule has 28 heavy (non-hydrogen) atoms. The fourth-order valence-electron chi connectivity index (χ4n) is 3.35. The van der Waals surface area contributed by atoms with Crippen molar-refractivity contribution in [2.24, 2.45) is 0 Å². The lowest BCUT2D eigenvalue weighted by Crippen LogP contribution is -2.15. The van der Waals surface area contributed by atoms with E-state index in [1.807, 2.05) is 6.92 Å². The van der Waals surface area contributed by atoms with Gasteiger partial charge in [0.2, 0.25) is 5.91 Å². The number of thiophene rings is 1. The number of anilines is 1. The predicted octanol–water partition coefficient (Wildman–Crippen LogP) is 4.44. The van der Waals surface area contributed by atoms with Crippen LogP contribution in [0, 0.1) is 24.0 Å². The highest BCUT2D eigenvalue weighted by Gasteiger charge is 2.22. The van der Waals surface area contributed by atoms with Gasteiger partial charge in [0, 0.05) is 22.4 Å². The van der Waals surface area contributed by atoms with Gasteiger partial charge >= 0.3 is 0 Å². The van der Waals surface area contributed by atoms with Crippen molar-refractivity contribution in [3.63, 3.8) is 0 Å². The molecule has 1 N–H and O–H groups in total. The number of carbonyl (C=O) groups is 1. The lowest BCUT2D eigenvalue weighted by Gasteiger charge is -2.09. The van der Waals surface area contributed by atoms with Crippen LogP contribution in [0.5, 0.6) is 0 Å². The van der Waals surface area contributed by atoms with Crippen LogP contribution in [0.1, 0.15) is 28.2 Å². The summed E-state index contributed by atoms with van der Waals surface area (Å²) in [4.78, 5) is 34.5. The molecule has 0 fully saturated rings. The van der Waals surface area contributed by atoms with E-state index in [1.54, 1.807) is 24.3 Å². The van der Waals surface area contributed by atoms with Crippen molar-refractivity contribution in [1.29, 1.82) is 0 Å². The summed E-state index contributed by atoms with van der Waals surface area (Å²) in [5.41, 5.74) is 2.52. The van der Waals surface area contributed by atoms with Gasteiger partial charge in [-0.1, -0.05) is 17.8 Å². The molecule has 1 aromatic carbocycles. The highest BCUT2D eigenvalue weighted by molar-refractivity contribution is 8.00. The lowest BCUT2D eigenvalue weighted by molar-refractivity contribution is -0.384. The zero-order valence-corrected chi connectivity index (χ0v) is 17.1. The van der Waals surface area contributed by atoms with Gasteiger partial charge in [0.05, 0.1) is 16.4 Å². The van der Waals surface area contributed by atoms with Crippen molar-refractivity contribution in [3.05, 3.63) is 50.1 Å². The quantitative estimate of drug-likeness (QED) is 0.287. The monoisotopic (exact) mass is 414 g/mol. The van der Waals surface area contributed by atoms with Crippen LogP contribution in [0.25, 0.3) is 10.2 Å². The average Bonchev–Trinajstić information content (AvgIpc) is 3.21. The van der Waals surface area contributed by atoms with Crippen LogP contribution in [0.2, 0.25) is 0 Å². The van der Waals surface area contributed by atoms with E-state index in [-0.39, 0.29) is 17.3 Å². The molecule has 9 heteroatoms. The van der Waals surface area contributed by atoms with E-state index in [1.165, 1.54) is 34.3 Å². The molecule has 2 heterocycles. The second kappa shape index (κ2) is 7.48. The minimum atomic E-state index is -0.471. The number of nitro groups is 1. The first-order chi connectivity index (χ1) is 13.4. The van der Waals surface area contributed by atoms with E-state index in [4.69, 9.17) is 0 Å². The third-order valence-corrected chi connectivity index (χ3v) is 6.85. The molecule has 7 nitrogen and oxygen atoms in total. The molecule has 0 radical (unpaired) electrons. The summed E-state index contributed by atoms with van der Waals surface area (Å²) in [6.45, 7) is 3.67. The highest BCUT2D eigenvalue weighted by atomic mass is 32.2. The first kappa shape index (κ1) is 18.8. The first-order valence-corrected chi connectivity index (χ1v) is 10.7. The van der Waals surface area contributed by atoms with Gasteiger partial charge in [-0.25, -0.2) is 9.97 Å². The molecule has 1 amide bonds. The van der Waals surface area contributed by atoms with E-state index in [9.17, 15) is 14.9 Å². The zero-order valence-electron chi connectivity index (χ0n) is 15.4. The molecule has 0 saturated carbocycles. The molecule has 3 aromatic rings. The molecule has 0 saturated heterocycles. The maximum absolute atomic E-state index is 12.5. The van der Waals surface area contributed by atoms with Gasteiger partial charge in [-0.3, -0.25) is 14.9 Å². The van der Waals surface area contributed by atoms with Crippen LogP contribution >= 0.6 is 23.1 Å². The summed E-state index contributed by atoms with van der Waals surface area (Å²) in [5.74, 6) is 0.660. The van der Waals surface area contributed by atoms with Gasteiger partial charge in [-0.05, 0) is 44.2 Å². The van der Waals surface area contributed by atoms with E-state index in [2.05, 4.69) is 15.3 Å². The third-order valence-electron chi connectivity index (χ3n) is 4.69. The number of hydrogen-bond donors (Lipinski definition) is 1. The Labute approximate surface area is 169 Å². The Morgan fingerprint density at radius 3 is 2.93 bits per heavy atom. The van der Waals surface area contributed by atoms with Crippen LogP contribution < -0.4 is 5.32 Å². The van der Waals surface area contributed by atoms with Crippen LogP contribution in [0.15, 0.2) is 23.2 Å². The molecular formula is C19H18N4O3S2. The zero-order chi connectivity index (χ0) is 19.8. The Hall–Kier alpha value is -2.52. The Morgan fingerprint density at radius 1 is 1.32 bits per heavy atom. The number of nitro benzene ring substituents is 1. The molecule has 0 atom stereocenters. The smallest absolute Gasteiger partial charge is 0.271 e. The number of aromatic nitrogens is 2. The number of fused-ring (bicyclic) bond motifs is 3. The number of aryl methyl sites for hydroxylation is 4. The molecule has 144 valence electrons. The minimum Gasteiger partial charge on any atom is -0.325 e. The van der Waals surface area contributed by atoms with Crippen molar-refractivity contribution >= 4 is 50.6 Å². The maximum Gasteiger partial charge on any atom is 0.271 e. The topological polar surface area (TPSA) is 98.0 Å². The van der Waals surface area contributed by atoms with Gasteiger partial charge in [0.15, 0.2) is 0 Å². The van der Waals surface area contributed by atoms with Crippen molar-refractivity contribution in [3.8, 4) is 0 Å². The number of amides is 1. The van der Waals surface area contributed by atoms with Crippen LogP contribution in [0.3, 0.4) is 0 Å². The number of non-ortho nitro benzene ring substituents is 1.